The lowest BCUT2D eigenvalue weighted by atomic mass is 10.1. The van der Waals surface area contributed by atoms with Gasteiger partial charge in [-0.25, -0.2) is 0 Å². The molecule has 1 atom stereocenters. The fraction of sp³-hybridized carbons (Fsp3) is 0.300. The number of benzene rings is 2. The second-order valence-corrected chi connectivity index (χ2v) is 6.00. The molecule has 0 saturated carbocycles. The van der Waals surface area contributed by atoms with Gasteiger partial charge in [0, 0.05) is 11.6 Å². The van der Waals surface area contributed by atoms with Gasteiger partial charge in [0.2, 0.25) is 0 Å². The summed E-state index contributed by atoms with van der Waals surface area (Å²) >= 11 is 0. The molecule has 0 spiro atoms. The van der Waals surface area contributed by atoms with E-state index in [-0.39, 0.29) is 5.78 Å². The highest BCUT2D eigenvalue weighted by molar-refractivity contribution is 6.05. The van der Waals surface area contributed by atoms with Gasteiger partial charge in [0.15, 0.2) is 34.9 Å². The number of hydrogen-bond acceptors (Lipinski definition) is 6. The molecule has 0 aromatic heterocycles. The van der Waals surface area contributed by atoms with Gasteiger partial charge in [0.25, 0.3) is 5.91 Å². The summed E-state index contributed by atoms with van der Waals surface area (Å²) < 4.78 is 22.0. The Morgan fingerprint density at radius 2 is 1.70 bits per heavy atom. The largest absolute Gasteiger partial charge is 0.493 e. The second-order valence-electron chi connectivity index (χ2n) is 6.00. The van der Waals surface area contributed by atoms with Gasteiger partial charge in [-0.05, 0) is 32.0 Å². The first-order chi connectivity index (χ1) is 13.0. The van der Waals surface area contributed by atoms with Crippen molar-refractivity contribution in [1.82, 2.24) is 0 Å². The number of amides is 1. The van der Waals surface area contributed by atoms with Crippen LogP contribution in [-0.4, -0.2) is 38.1 Å². The van der Waals surface area contributed by atoms with E-state index in [2.05, 4.69) is 5.32 Å². The van der Waals surface area contributed by atoms with E-state index in [4.69, 9.17) is 18.9 Å². The molecule has 1 amide bonds. The van der Waals surface area contributed by atoms with Crippen LogP contribution in [0.3, 0.4) is 0 Å². The van der Waals surface area contributed by atoms with Crippen LogP contribution in [0.4, 0.5) is 5.69 Å². The topological polar surface area (TPSA) is 83.1 Å². The zero-order valence-electron chi connectivity index (χ0n) is 15.4. The van der Waals surface area contributed by atoms with Crippen molar-refractivity contribution in [3.05, 3.63) is 42.0 Å². The summed E-state index contributed by atoms with van der Waals surface area (Å²) in [4.78, 5) is 24.6. The number of carbonyl (C=O) groups is 2. The van der Waals surface area contributed by atoms with Crippen LogP contribution in [0.25, 0.3) is 0 Å². The van der Waals surface area contributed by atoms with Crippen molar-refractivity contribution in [2.75, 3.05) is 25.6 Å². The molecule has 0 aliphatic carbocycles. The average Bonchev–Trinajstić information content (AvgIpc) is 2.67. The van der Waals surface area contributed by atoms with Crippen molar-refractivity contribution in [2.45, 2.75) is 20.0 Å². The number of methoxy groups -OCH3 is 1. The summed E-state index contributed by atoms with van der Waals surface area (Å²) in [6.07, 6.45) is -0.811. The zero-order valence-corrected chi connectivity index (χ0v) is 15.4. The van der Waals surface area contributed by atoms with Crippen molar-refractivity contribution in [2.24, 2.45) is 0 Å². The van der Waals surface area contributed by atoms with Gasteiger partial charge in [-0.15, -0.1) is 0 Å². The van der Waals surface area contributed by atoms with Crippen LogP contribution < -0.4 is 24.3 Å². The van der Waals surface area contributed by atoms with Crippen molar-refractivity contribution in [3.8, 4) is 23.0 Å². The monoisotopic (exact) mass is 371 g/mol. The molecule has 7 nitrogen and oxygen atoms in total. The minimum atomic E-state index is -0.811. The third-order valence-corrected chi connectivity index (χ3v) is 4.06. The molecule has 1 aliphatic heterocycles. The fourth-order valence-electron chi connectivity index (χ4n) is 2.68. The smallest absolute Gasteiger partial charge is 0.265 e. The Morgan fingerprint density at radius 1 is 1.07 bits per heavy atom. The van der Waals surface area contributed by atoms with Crippen LogP contribution in [0, 0.1) is 0 Å². The quantitative estimate of drug-likeness (QED) is 0.786. The molecule has 2 aromatic rings. The molecule has 1 aliphatic rings. The number of ether oxygens (including phenoxy) is 4. The van der Waals surface area contributed by atoms with E-state index >= 15 is 0 Å². The first-order valence-electron chi connectivity index (χ1n) is 8.54. The fourth-order valence-corrected chi connectivity index (χ4v) is 2.68. The highest BCUT2D eigenvalue weighted by Gasteiger charge is 2.22. The maximum Gasteiger partial charge on any atom is 0.265 e. The number of ketones is 1. The zero-order chi connectivity index (χ0) is 19.4. The second kappa shape index (κ2) is 7.99. The number of rotatable bonds is 6. The number of carbonyl (C=O) groups excluding carboxylic acids is 2. The Labute approximate surface area is 157 Å². The van der Waals surface area contributed by atoms with E-state index in [0.717, 1.165) is 0 Å². The number of nitrogens with one attached hydrogen (secondary N) is 1. The van der Waals surface area contributed by atoms with Gasteiger partial charge in [-0.2, -0.15) is 0 Å². The maximum absolute atomic E-state index is 12.6. The molecule has 1 unspecified atom stereocenters. The van der Waals surface area contributed by atoms with Crippen LogP contribution in [0.1, 0.15) is 24.2 Å². The lowest BCUT2D eigenvalue weighted by Crippen LogP contribution is -2.31. The van der Waals surface area contributed by atoms with Gasteiger partial charge in [0.1, 0.15) is 13.2 Å². The van der Waals surface area contributed by atoms with Gasteiger partial charge >= 0.3 is 0 Å². The molecule has 3 rings (SSSR count). The lowest BCUT2D eigenvalue weighted by molar-refractivity contribution is -0.122. The standard InChI is InChI=1S/C20H21NO6/c1-12(22)14-10-18-19(26-9-8-25-18)11-15(14)21-20(23)13(2)27-17-7-5-4-6-16(17)24-3/h4-7,10-11,13H,8-9H2,1-3H3,(H,21,23). The van der Waals surface area contributed by atoms with Gasteiger partial charge in [0.05, 0.1) is 12.8 Å². The third kappa shape index (κ3) is 4.13. The predicted molar refractivity (Wildman–Crippen MR) is 99.2 cm³/mol. The van der Waals surface area contributed by atoms with Crippen molar-refractivity contribution in [1.29, 1.82) is 0 Å². The highest BCUT2D eigenvalue weighted by atomic mass is 16.6. The summed E-state index contributed by atoms with van der Waals surface area (Å²) in [5.41, 5.74) is 0.698. The molecule has 1 N–H and O–H groups in total. The molecule has 0 fully saturated rings. The van der Waals surface area contributed by atoms with Crippen LogP contribution in [0.5, 0.6) is 23.0 Å². The normalized spacial score (nSPS) is 13.4. The van der Waals surface area contributed by atoms with Gasteiger partial charge in [-0.3, -0.25) is 9.59 Å². The van der Waals surface area contributed by atoms with Crippen LogP contribution >= 0.6 is 0 Å². The van der Waals surface area contributed by atoms with E-state index in [1.54, 1.807) is 37.3 Å². The Kier molecular flexibility index (Phi) is 5.49. The molecule has 0 saturated heterocycles. The summed E-state index contributed by atoms with van der Waals surface area (Å²) in [6.45, 7) is 3.87. The first kappa shape index (κ1) is 18.6. The summed E-state index contributed by atoms with van der Waals surface area (Å²) in [5.74, 6) is 1.36. The Bertz CT molecular complexity index is 864. The number of fused-ring (bicyclic) bond motifs is 1. The van der Waals surface area contributed by atoms with Crippen LogP contribution in [0.2, 0.25) is 0 Å². The summed E-state index contributed by atoms with van der Waals surface area (Å²) in [7, 11) is 1.53. The Balaban J connectivity index is 1.79. The third-order valence-electron chi connectivity index (χ3n) is 4.06. The molecule has 7 heteroatoms. The Morgan fingerprint density at radius 3 is 2.33 bits per heavy atom. The predicted octanol–water partition coefficient (Wildman–Crippen LogP) is 3.08. The molecular formula is C20H21NO6. The molecule has 0 bridgehead atoms. The molecule has 27 heavy (non-hydrogen) atoms. The van der Waals surface area contributed by atoms with E-state index in [0.29, 0.717) is 47.5 Å². The maximum atomic E-state index is 12.6. The van der Waals surface area contributed by atoms with E-state index in [1.165, 1.54) is 14.0 Å². The van der Waals surface area contributed by atoms with E-state index < -0.39 is 12.0 Å². The summed E-state index contributed by atoms with van der Waals surface area (Å²) in [6, 6.07) is 10.2. The van der Waals surface area contributed by atoms with Crippen LogP contribution in [0.15, 0.2) is 36.4 Å². The minimum absolute atomic E-state index is 0.194. The number of Topliss-reactive ketones (excluding diaryl/α,β-unsaturated/α-hetero) is 1. The van der Waals surface area contributed by atoms with Crippen molar-refractivity contribution >= 4 is 17.4 Å². The van der Waals surface area contributed by atoms with Crippen molar-refractivity contribution in [3.63, 3.8) is 0 Å². The molecular weight excluding hydrogens is 350 g/mol. The first-order valence-corrected chi connectivity index (χ1v) is 8.54. The van der Waals surface area contributed by atoms with Crippen LogP contribution in [-0.2, 0) is 4.79 Å². The SMILES string of the molecule is COc1ccccc1OC(C)C(=O)Nc1cc2c(cc1C(C)=O)OCCO2. The lowest BCUT2D eigenvalue weighted by Gasteiger charge is -2.22. The van der Waals surface area contributed by atoms with E-state index in [1.807, 2.05) is 6.07 Å². The molecule has 1 heterocycles. The number of hydrogen-bond donors (Lipinski definition) is 1. The van der Waals surface area contributed by atoms with Gasteiger partial charge < -0.3 is 24.3 Å². The number of para-hydroxylation sites is 2. The van der Waals surface area contributed by atoms with Gasteiger partial charge in [-0.1, -0.05) is 12.1 Å². The Hall–Kier alpha value is -3.22. The minimum Gasteiger partial charge on any atom is -0.493 e. The molecule has 0 radical (unpaired) electrons. The van der Waals surface area contributed by atoms with E-state index in [9.17, 15) is 9.59 Å². The number of anilines is 1. The average molecular weight is 371 g/mol. The highest BCUT2D eigenvalue weighted by Crippen LogP contribution is 2.36. The molecule has 142 valence electrons. The van der Waals surface area contributed by atoms with Crippen molar-refractivity contribution < 1.29 is 28.5 Å². The summed E-state index contributed by atoms with van der Waals surface area (Å²) in [5, 5.41) is 2.74. The molecule has 2 aromatic carbocycles.